The lowest BCUT2D eigenvalue weighted by atomic mass is 9.95. The Kier molecular flexibility index (Phi) is 5.51. The summed E-state index contributed by atoms with van der Waals surface area (Å²) >= 11 is 0. The third kappa shape index (κ3) is 3.96. The first kappa shape index (κ1) is 17.0. The number of hydrogen-bond acceptors (Lipinski definition) is 3. The van der Waals surface area contributed by atoms with Crippen molar-refractivity contribution in [3.05, 3.63) is 35.4 Å². The predicted octanol–water partition coefficient (Wildman–Crippen LogP) is 2.14. The van der Waals surface area contributed by atoms with Gasteiger partial charge < -0.3 is 15.0 Å². The van der Waals surface area contributed by atoms with Crippen LogP contribution in [0.3, 0.4) is 0 Å². The molecule has 0 bridgehead atoms. The summed E-state index contributed by atoms with van der Waals surface area (Å²) in [4.78, 5) is 26.8. The van der Waals surface area contributed by atoms with E-state index in [4.69, 9.17) is 4.74 Å². The summed E-state index contributed by atoms with van der Waals surface area (Å²) in [7, 11) is 0. The van der Waals surface area contributed by atoms with Gasteiger partial charge in [0.25, 0.3) is 5.91 Å². The second-order valence-corrected chi connectivity index (χ2v) is 6.76. The second-order valence-electron chi connectivity index (χ2n) is 6.76. The standard InChI is InChI=1S/C19H26N2O3/c1-14-5-2-3-7-17(14)19(23)21-10-8-15(9-11-21)18(22)20-13-16-6-4-12-24-16/h2-3,5,7,15-16H,4,6,8-13H2,1H3,(H,20,22). The van der Waals surface area contributed by atoms with E-state index in [0.717, 1.165) is 43.4 Å². The number of nitrogens with zero attached hydrogens (tertiary/aromatic N) is 1. The maximum atomic E-state index is 12.6. The van der Waals surface area contributed by atoms with Crippen molar-refractivity contribution < 1.29 is 14.3 Å². The Morgan fingerprint density at radius 3 is 2.62 bits per heavy atom. The van der Waals surface area contributed by atoms with Crippen LogP contribution in [0, 0.1) is 12.8 Å². The van der Waals surface area contributed by atoms with E-state index in [9.17, 15) is 9.59 Å². The molecule has 0 radical (unpaired) electrons. The molecule has 2 fully saturated rings. The summed E-state index contributed by atoms with van der Waals surface area (Å²) in [6, 6.07) is 7.67. The quantitative estimate of drug-likeness (QED) is 0.920. The van der Waals surface area contributed by atoms with Gasteiger partial charge in [0.05, 0.1) is 6.10 Å². The van der Waals surface area contributed by atoms with Crippen molar-refractivity contribution >= 4 is 11.8 Å². The molecule has 3 rings (SSSR count). The molecule has 0 aromatic heterocycles. The van der Waals surface area contributed by atoms with E-state index in [1.54, 1.807) is 0 Å². The van der Waals surface area contributed by atoms with E-state index in [-0.39, 0.29) is 23.8 Å². The molecule has 130 valence electrons. The van der Waals surface area contributed by atoms with E-state index >= 15 is 0 Å². The van der Waals surface area contributed by atoms with Crippen LogP contribution in [0.4, 0.5) is 0 Å². The molecule has 5 nitrogen and oxygen atoms in total. The van der Waals surface area contributed by atoms with Crippen LogP contribution in [0.5, 0.6) is 0 Å². The molecule has 0 spiro atoms. The van der Waals surface area contributed by atoms with Crippen molar-refractivity contribution in [2.24, 2.45) is 5.92 Å². The van der Waals surface area contributed by atoms with Crippen LogP contribution in [-0.2, 0) is 9.53 Å². The number of ether oxygens (including phenoxy) is 1. The van der Waals surface area contributed by atoms with Gasteiger partial charge in [-0.25, -0.2) is 0 Å². The Bertz CT molecular complexity index is 588. The minimum Gasteiger partial charge on any atom is -0.376 e. The topological polar surface area (TPSA) is 58.6 Å². The molecule has 2 amide bonds. The van der Waals surface area contributed by atoms with Crippen LogP contribution in [0.25, 0.3) is 0 Å². The van der Waals surface area contributed by atoms with Gasteiger partial charge in [-0.05, 0) is 44.2 Å². The zero-order valence-electron chi connectivity index (χ0n) is 14.3. The Hall–Kier alpha value is -1.88. The molecule has 0 aliphatic carbocycles. The van der Waals surface area contributed by atoms with Crippen LogP contribution >= 0.6 is 0 Å². The van der Waals surface area contributed by atoms with Crippen LogP contribution in [0.1, 0.15) is 41.6 Å². The molecule has 2 heterocycles. The fourth-order valence-corrected chi connectivity index (χ4v) is 3.49. The van der Waals surface area contributed by atoms with Gasteiger partial charge in [0, 0.05) is 37.7 Å². The number of carbonyl (C=O) groups is 2. The highest BCUT2D eigenvalue weighted by Gasteiger charge is 2.28. The lowest BCUT2D eigenvalue weighted by Crippen LogP contribution is -2.44. The average Bonchev–Trinajstić information content (AvgIpc) is 3.13. The van der Waals surface area contributed by atoms with Gasteiger partial charge >= 0.3 is 0 Å². The first-order valence-electron chi connectivity index (χ1n) is 8.89. The summed E-state index contributed by atoms with van der Waals surface area (Å²) in [6.45, 7) is 4.66. The van der Waals surface area contributed by atoms with Gasteiger partial charge in [0.1, 0.15) is 0 Å². The zero-order valence-corrected chi connectivity index (χ0v) is 14.3. The Labute approximate surface area is 143 Å². The highest BCUT2D eigenvalue weighted by Crippen LogP contribution is 2.20. The highest BCUT2D eigenvalue weighted by atomic mass is 16.5. The number of benzene rings is 1. The average molecular weight is 330 g/mol. The molecule has 1 N–H and O–H groups in total. The molecule has 1 aromatic carbocycles. The maximum Gasteiger partial charge on any atom is 0.254 e. The molecular formula is C19H26N2O3. The number of aryl methyl sites for hydroxylation is 1. The monoisotopic (exact) mass is 330 g/mol. The molecule has 1 atom stereocenters. The van der Waals surface area contributed by atoms with Gasteiger partial charge in [0.15, 0.2) is 0 Å². The summed E-state index contributed by atoms with van der Waals surface area (Å²) < 4.78 is 5.53. The van der Waals surface area contributed by atoms with Crippen molar-refractivity contribution in [2.45, 2.75) is 38.7 Å². The third-order valence-electron chi connectivity index (χ3n) is 5.06. The number of rotatable bonds is 4. The SMILES string of the molecule is Cc1ccccc1C(=O)N1CCC(C(=O)NCC2CCCO2)CC1. The van der Waals surface area contributed by atoms with Gasteiger partial charge in [0.2, 0.25) is 5.91 Å². The van der Waals surface area contributed by atoms with Gasteiger partial charge in [-0.3, -0.25) is 9.59 Å². The number of amides is 2. The summed E-state index contributed by atoms with van der Waals surface area (Å²) in [6.07, 6.45) is 3.75. The van der Waals surface area contributed by atoms with Crippen LogP contribution in [-0.4, -0.2) is 49.1 Å². The van der Waals surface area contributed by atoms with E-state index in [2.05, 4.69) is 5.32 Å². The van der Waals surface area contributed by atoms with Crippen molar-refractivity contribution in [3.8, 4) is 0 Å². The molecule has 5 heteroatoms. The van der Waals surface area contributed by atoms with E-state index in [1.807, 2.05) is 36.1 Å². The smallest absolute Gasteiger partial charge is 0.254 e. The lowest BCUT2D eigenvalue weighted by molar-refractivity contribution is -0.126. The maximum absolute atomic E-state index is 12.6. The van der Waals surface area contributed by atoms with Crippen LogP contribution < -0.4 is 5.32 Å². The summed E-state index contributed by atoms with van der Waals surface area (Å²) in [5, 5.41) is 3.01. The highest BCUT2D eigenvalue weighted by molar-refractivity contribution is 5.95. The Morgan fingerprint density at radius 2 is 1.96 bits per heavy atom. The normalized spacial score (nSPS) is 21.7. The van der Waals surface area contributed by atoms with E-state index in [0.29, 0.717) is 19.6 Å². The molecule has 2 aliphatic rings. The van der Waals surface area contributed by atoms with Crippen molar-refractivity contribution in [1.29, 1.82) is 0 Å². The third-order valence-corrected chi connectivity index (χ3v) is 5.06. The summed E-state index contributed by atoms with van der Waals surface area (Å²) in [5.41, 5.74) is 1.76. The largest absolute Gasteiger partial charge is 0.376 e. The van der Waals surface area contributed by atoms with Crippen molar-refractivity contribution in [2.75, 3.05) is 26.2 Å². The second kappa shape index (κ2) is 7.79. The number of carbonyl (C=O) groups excluding carboxylic acids is 2. The first-order chi connectivity index (χ1) is 11.6. The van der Waals surface area contributed by atoms with E-state index < -0.39 is 0 Å². The zero-order chi connectivity index (χ0) is 16.9. The Morgan fingerprint density at radius 1 is 1.21 bits per heavy atom. The minimum absolute atomic E-state index is 0.00678. The van der Waals surface area contributed by atoms with Crippen molar-refractivity contribution in [3.63, 3.8) is 0 Å². The molecular weight excluding hydrogens is 304 g/mol. The summed E-state index contributed by atoms with van der Waals surface area (Å²) in [5.74, 6) is 0.187. The molecule has 1 unspecified atom stereocenters. The number of hydrogen-bond donors (Lipinski definition) is 1. The molecule has 0 saturated carbocycles. The number of nitrogens with one attached hydrogen (secondary N) is 1. The van der Waals surface area contributed by atoms with Crippen molar-refractivity contribution in [1.82, 2.24) is 10.2 Å². The number of piperidine rings is 1. The molecule has 2 saturated heterocycles. The van der Waals surface area contributed by atoms with Crippen LogP contribution in [0.15, 0.2) is 24.3 Å². The fraction of sp³-hybridized carbons (Fsp3) is 0.579. The minimum atomic E-state index is 0.00678. The predicted molar refractivity (Wildman–Crippen MR) is 91.8 cm³/mol. The van der Waals surface area contributed by atoms with Gasteiger partial charge in [-0.15, -0.1) is 0 Å². The lowest BCUT2D eigenvalue weighted by Gasteiger charge is -2.32. The number of likely N-dealkylation sites (tertiary alicyclic amines) is 1. The van der Waals surface area contributed by atoms with Gasteiger partial charge in [-0.1, -0.05) is 18.2 Å². The molecule has 1 aromatic rings. The molecule has 2 aliphatic heterocycles. The van der Waals surface area contributed by atoms with Crippen LogP contribution in [0.2, 0.25) is 0 Å². The Balaban J connectivity index is 1.47. The first-order valence-corrected chi connectivity index (χ1v) is 8.89. The fourth-order valence-electron chi connectivity index (χ4n) is 3.49. The molecule has 24 heavy (non-hydrogen) atoms. The van der Waals surface area contributed by atoms with E-state index in [1.165, 1.54) is 0 Å². The van der Waals surface area contributed by atoms with Gasteiger partial charge in [-0.2, -0.15) is 0 Å².